The molecule has 5 rings (SSSR count). The average molecular weight is 482 g/mol. The van der Waals surface area contributed by atoms with Gasteiger partial charge in [-0.3, -0.25) is 4.79 Å². The van der Waals surface area contributed by atoms with Crippen LogP contribution in [0, 0.1) is 17.6 Å². The fourth-order valence-electron chi connectivity index (χ4n) is 4.37. The summed E-state index contributed by atoms with van der Waals surface area (Å²) in [5.74, 6) is -0.970. The van der Waals surface area contributed by atoms with Gasteiger partial charge in [-0.15, -0.1) is 0 Å². The van der Waals surface area contributed by atoms with Crippen molar-refractivity contribution in [3.8, 4) is 11.3 Å². The van der Waals surface area contributed by atoms with E-state index in [4.69, 9.17) is 11.6 Å². The maximum atomic E-state index is 13.4. The molecule has 1 amide bonds. The molecule has 2 aromatic carbocycles. The number of amides is 1. The summed E-state index contributed by atoms with van der Waals surface area (Å²) in [5.41, 5.74) is 2.92. The minimum absolute atomic E-state index is 0.0729. The molecule has 1 aliphatic rings. The van der Waals surface area contributed by atoms with Crippen molar-refractivity contribution in [3.63, 3.8) is 0 Å². The van der Waals surface area contributed by atoms with Gasteiger partial charge in [0.25, 0.3) is 0 Å². The molecule has 1 atom stereocenters. The third-order valence-electron chi connectivity index (χ3n) is 5.97. The van der Waals surface area contributed by atoms with Crippen LogP contribution >= 0.6 is 11.6 Å². The molecule has 1 N–H and O–H groups in total. The normalized spacial score (nSPS) is 16.1. The van der Waals surface area contributed by atoms with Crippen molar-refractivity contribution in [1.29, 1.82) is 0 Å². The number of benzene rings is 2. The van der Waals surface area contributed by atoms with Crippen LogP contribution in [0.4, 0.5) is 14.6 Å². The second-order valence-corrected chi connectivity index (χ2v) is 8.84. The van der Waals surface area contributed by atoms with Crippen LogP contribution in [0.5, 0.6) is 0 Å². The highest BCUT2D eigenvalue weighted by Gasteiger charge is 2.28. The summed E-state index contributed by atoms with van der Waals surface area (Å²) in [7, 11) is 0. The topological polar surface area (TPSA) is 62.5 Å². The van der Waals surface area contributed by atoms with E-state index in [1.807, 2.05) is 30.3 Å². The van der Waals surface area contributed by atoms with Crippen molar-refractivity contribution in [2.45, 2.75) is 19.4 Å². The van der Waals surface area contributed by atoms with E-state index in [0.717, 1.165) is 48.0 Å². The zero-order valence-electron chi connectivity index (χ0n) is 18.2. The Morgan fingerprint density at radius 3 is 2.76 bits per heavy atom. The molecule has 1 aliphatic heterocycles. The molecule has 34 heavy (non-hydrogen) atoms. The molecule has 9 heteroatoms. The molecule has 0 saturated carbocycles. The predicted molar refractivity (Wildman–Crippen MR) is 127 cm³/mol. The molecule has 6 nitrogen and oxygen atoms in total. The molecule has 3 heterocycles. The molecule has 4 aromatic rings. The summed E-state index contributed by atoms with van der Waals surface area (Å²) in [6, 6.07) is 12.7. The van der Waals surface area contributed by atoms with Gasteiger partial charge in [0, 0.05) is 48.7 Å². The highest BCUT2D eigenvalue weighted by atomic mass is 35.5. The first-order valence-corrected chi connectivity index (χ1v) is 11.4. The summed E-state index contributed by atoms with van der Waals surface area (Å²) < 4.78 is 28.6. The van der Waals surface area contributed by atoms with Crippen LogP contribution in [0.3, 0.4) is 0 Å². The van der Waals surface area contributed by atoms with Gasteiger partial charge in [-0.1, -0.05) is 23.7 Å². The average Bonchev–Trinajstić information content (AvgIpc) is 3.27. The number of nitrogens with one attached hydrogen (secondary N) is 1. The largest absolute Gasteiger partial charge is 0.354 e. The van der Waals surface area contributed by atoms with Crippen LogP contribution in [0.2, 0.25) is 5.02 Å². The number of nitrogens with zero attached hydrogens (tertiary/aromatic N) is 4. The van der Waals surface area contributed by atoms with Crippen molar-refractivity contribution in [1.82, 2.24) is 19.9 Å². The van der Waals surface area contributed by atoms with E-state index >= 15 is 0 Å². The quantitative estimate of drug-likeness (QED) is 0.442. The summed E-state index contributed by atoms with van der Waals surface area (Å²) in [5, 5.41) is 8.11. The van der Waals surface area contributed by atoms with Crippen molar-refractivity contribution >= 4 is 28.8 Å². The molecule has 2 aromatic heterocycles. The van der Waals surface area contributed by atoms with Gasteiger partial charge in [0.2, 0.25) is 5.91 Å². The lowest BCUT2D eigenvalue weighted by molar-refractivity contribution is -0.125. The van der Waals surface area contributed by atoms with E-state index in [1.165, 1.54) is 12.1 Å². The number of rotatable bonds is 5. The standard InChI is InChI=1S/C25H22ClF2N5O/c26-19-5-1-3-17(11-19)22-13-23-24(29-6-8-33(23)31-22)32-7-2-4-18(15-32)25(34)30-14-16-9-20(27)12-21(28)10-16/h1,3,5-6,8-13,18H,2,4,7,14-15H2,(H,30,34)/t18-/m0/s1. The molecular weight excluding hydrogens is 460 g/mol. The number of aromatic nitrogens is 3. The Hall–Kier alpha value is -3.52. The van der Waals surface area contributed by atoms with Crippen molar-refractivity contribution < 1.29 is 13.6 Å². The molecule has 0 bridgehead atoms. The number of piperidine rings is 1. The fourth-order valence-corrected chi connectivity index (χ4v) is 4.56. The van der Waals surface area contributed by atoms with Gasteiger partial charge in [-0.2, -0.15) is 5.10 Å². The van der Waals surface area contributed by atoms with Gasteiger partial charge in [-0.05, 0) is 48.7 Å². The lowest BCUT2D eigenvalue weighted by atomic mass is 9.97. The third-order valence-corrected chi connectivity index (χ3v) is 6.21. The first kappa shape index (κ1) is 22.3. The molecule has 0 radical (unpaired) electrons. The highest BCUT2D eigenvalue weighted by molar-refractivity contribution is 6.30. The predicted octanol–water partition coefficient (Wildman–Crippen LogP) is 4.86. The lowest BCUT2D eigenvalue weighted by Crippen LogP contribution is -2.43. The summed E-state index contributed by atoms with van der Waals surface area (Å²) >= 11 is 6.14. The van der Waals surface area contributed by atoms with Crippen LogP contribution in [0.15, 0.2) is 60.9 Å². The molecular formula is C25H22ClF2N5O. The Morgan fingerprint density at radius 2 is 1.97 bits per heavy atom. The number of halogens is 3. The molecule has 1 saturated heterocycles. The van der Waals surface area contributed by atoms with E-state index in [0.29, 0.717) is 17.1 Å². The summed E-state index contributed by atoms with van der Waals surface area (Å²) in [6.45, 7) is 1.33. The molecule has 0 aliphatic carbocycles. The van der Waals surface area contributed by atoms with Crippen LogP contribution in [0.1, 0.15) is 18.4 Å². The van der Waals surface area contributed by atoms with Crippen LogP contribution in [0.25, 0.3) is 16.8 Å². The number of carbonyl (C=O) groups is 1. The number of fused-ring (bicyclic) bond motifs is 1. The smallest absolute Gasteiger partial charge is 0.225 e. The first-order valence-electron chi connectivity index (χ1n) is 11.0. The number of anilines is 1. The van der Waals surface area contributed by atoms with Crippen molar-refractivity contribution in [2.75, 3.05) is 18.0 Å². The van der Waals surface area contributed by atoms with Crippen LogP contribution in [-0.2, 0) is 11.3 Å². The van der Waals surface area contributed by atoms with Crippen molar-refractivity contribution in [3.05, 3.63) is 83.1 Å². The van der Waals surface area contributed by atoms with E-state index in [-0.39, 0.29) is 18.4 Å². The molecule has 0 unspecified atom stereocenters. The Labute approximate surface area is 200 Å². The van der Waals surface area contributed by atoms with E-state index in [1.54, 1.807) is 16.9 Å². The SMILES string of the molecule is O=C(NCc1cc(F)cc(F)c1)[C@H]1CCCN(c2nccn3nc(-c4cccc(Cl)c4)cc23)C1. The molecule has 0 spiro atoms. The molecule has 174 valence electrons. The Morgan fingerprint density at radius 1 is 1.15 bits per heavy atom. The minimum atomic E-state index is -0.662. The van der Waals surface area contributed by atoms with E-state index < -0.39 is 11.6 Å². The fraction of sp³-hybridized carbons (Fsp3) is 0.240. The second kappa shape index (κ2) is 9.38. The Bertz CT molecular complexity index is 1340. The minimum Gasteiger partial charge on any atom is -0.354 e. The number of carbonyl (C=O) groups excluding carboxylic acids is 1. The van der Waals surface area contributed by atoms with E-state index in [9.17, 15) is 13.6 Å². The van der Waals surface area contributed by atoms with Crippen LogP contribution in [-0.4, -0.2) is 33.6 Å². The van der Waals surface area contributed by atoms with Crippen LogP contribution < -0.4 is 10.2 Å². The van der Waals surface area contributed by atoms with Crippen molar-refractivity contribution in [2.24, 2.45) is 5.92 Å². The molecule has 1 fully saturated rings. The van der Waals surface area contributed by atoms with Gasteiger partial charge >= 0.3 is 0 Å². The van der Waals surface area contributed by atoms with Gasteiger partial charge in [0.05, 0.1) is 11.6 Å². The summed E-state index contributed by atoms with van der Waals surface area (Å²) in [6.07, 6.45) is 5.04. The zero-order chi connectivity index (χ0) is 23.7. The van der Waals surface area contributed by atoms with Gasteiger partial charge < -0.3 is 10.2 Å². The maximum Gasteiger partial charge on any atom is 0.225 e. The highest BCUT2D eigenvalue weighted by Crippen LogP contribution is 2.29. The van der Waals surface area contributed by atoms with E-state index in [2.05, 4.69) is 20.3 Å². The second-order valence-electron chi connectivity index (χ2n) is 8.40. The van der Waals surface area contributed by atoms with Gasteiger partial charge in [0.1, 0.15) is 17.2 Å². The first-order chi connectivity index (χ1) is 16.5. The monoisotopic (exact) mass is 481 g/mol. The maximum absolute atomic E-state index is 13.4. The third kappa shape index (κ3) is 4.72. The van der Waals surface area contributed by atoms with Gasteiger partial charge in [0.15, 0.2) is 5.82 Å². The Kier molecular flexibility index (Phi) is 6.15. The van der Waals surface area contributed by atoms with Gasteiger partial charge in [-0.25, -0.2) is 18.3 Å². The zero-order valence-corrected chi connectivity index (χ0v) is 19.0. The lowest BCUT2D eigenvalue weighted by Gasteiger charge is -2.33. The number of hydrogen-bond acceptors (Lipinski definition) is 4. The number of hydrogen-bond donors (Lipinski definition) is 1. The Balaban J connectivity index is 1.33. The summed E-state index contributed by atoms with van der Waals surface area (Å²) in [4.78, 5) is 19.5.